The normalized spacial score (nSPS) is 9.60. The van der Waals surface area contributed by atoms with E-state index in [1.54, 1.807) is 6.08 Å². The van der Waals surface area contributed by atoms with Crippen molar-refractivity contribution in [1.82, 2.24) is 0 Å². The minimum atomic E-state index is 0.326. The Morgan fingerprint density at radius 2 is 2.40 bits per heavy atom. The average Bonchev–Trinajstić information content (AvgIpc) is 2.26. The van der Waals surface area contributed by atoms with Crippen LogP contribution in [0.15, 0.2) is 29.4 Å². The molecule has 15 heavy (non-hydrogen) atoms. The van der Waals surface area contributed by atoms with Crippen LogP contribution in [-0.4, -0.2) is 6.54 Å². The molecule has 0 saturated carbocycles. The van der Waals surface area contributed by atoms with Crippen LogP contribution < -0.4 is 0 Å². The average molecular weight is 198 g/mol. The number of benzene rings is 1. The molecular formula is C11H10N4. The molecule has 0 spiro atoms. The van der Waals surface area contributed by atoms with Gasteiger partial charge in [0.2, 0.25) is 0 Å². The fourth-order valence-electron chi connectivity index (χ4n) is 1.14. The van der Waals surface area contributed by atoms with E-state index in [1.165, 1.54) is 0 Å². The Balaban J connectivity index is 2.84. The number of rotatable bonds is 3. The third kappa shape index (κ3) is 3.18. The fraction of sp³-hybridized carbons (Fsp3) is 0.182. The van der Waals surface area contributed by atoms with Gasteiger partial charge in [-0.05, 0) is 29.6 Å². The molecule has 0 aliphatic carbocycles. The zero-order valence-electron chi connectivity index (χ0n) is 8.38. The summed E-state index contributed by atoms with van der Waals surface area (Å²) in [4.78, 5) is 2.64. The van der Waals surface area contributed by atoms with Crippen LogP contribution in [0.3, 0.4) is 0 Å². The van der Waals surface area contributed by atoms with Crippen molar-refractivity contribution in [2.45, 2.75) is 6.92 Å². The summed E-state index contributed by atoms with van der Waals surface area (Å²) in [6.07, 6.45) is 3.58. The Kier molecular flexibility index (Phi) is 3.96. The minimum Gasteiger partial charge on any atom is -0.192 e. The molecule has 4 nitrogen and oxygen atoms in total. The summed E-state index contributed by atoms with van der Waals surface area (Å²) in [7, 11) is 0. The Labute approximate surface area is 88.1 Å². The molecule has 1 aromatic rings. The summed E-state index contributed by atoms with van der Waals surface area (Å²) < 4.78 is 0. The Bertz CT molecular complexity index is 462. The third-order valence-corrected chi connectivity index (χ3v) is 1.94. The molecule has 0 fully saturated rings. The zero-order valence-corrected chi connectivity index (χ0v) is 8.38. The number of nitriles is 1. The monoisotopic (exact) mass is 198 g/mol. The largest absolute Gasteiger partial charge is 0.192 e. The number of hydrogen-bond acceptors (Lipinski definition) is 2. The van der Waals surface area contributed by atoms with Crippen LogP contribution in [0.4, 0.5) is 0 Å². The Morgan fingerprint density at radius 3 is 3.07 bits per heavy atom. The first kappa shape index (κ1) is 10.8. The van der Waals surface area contributed by atoms with Crippen LogP contribution in [0.1, 0.15) is 16.7 Å². The molecule has 0 unspecified atom stereocenters. The molecular weight excluding hydrogens is 188 g/mol. The molecule has 0 saturated heterocycles. The summed E-state index contributed by atoms with van der Waals surface area (Å²) in [5.74, 6) is 0. The van der Waals surface area contributed by atoms with Gasteiger partial charge >= 0.3 is 0 Å². The molecule has 0 aliphatic rings. The number of nitrogens with zero attached hydrogens (tertiary/aromatic N) is 4. The van der Waals surface area contributed by atoms with E-state index in [0.717, 1.165) is 11.1 Å². The van der Waals surface area contributed by atoms with Gasteiger partial charge in [0.05, 0.1) is 11.6 Å². The molecule has 0 amide bonds. The molecule has 0 atom stereocenters. The number of hydrogen-bond donors (Lipinski definition) is 0. The van der Waals surface area contributed by atoms with Crippen LogP contribution in [0.2, 0.25) is 0 Å². The lowest BCUT2D eigenvalue weighted by molar-refractivity contribution is 1.22. The van der Waals surface area contributed by atoms with Gasteiger partial charge < -0.3 is 0 Å². The predicted molar refractivity (Wildman–Crippen MR) is 58.9 cm³/mol. The van der Waals surface area contributed by atoms with E-state index in [9.17, 15) is 0 Å². The van der Waals surface area contributed by atoms with Crippen molar-refractivity contribution in [3.8, 4) is 6.07 Å². The number of azide groups is 1. The lowest BCUT2D eigenvalue weighted by Gasteiger charge is -1.98. The van der Waals surface area contributed by atoms with E-state index < -0.39 is 0 Å². The standard InChI is InChI=1S/C11H10N4/c1-9-4-5-10(7-11(9)8-12)3-2-6-14-15-13/h2-5,7H,6H2,1H3. The van der Waals surface area contributed by atoms with Gasteiger partial charge in [0.1, 0.15) is 0 Å². The van der Waals surface area contributed by atoms with E-state index >= 15 is 0 Å². The van der Waals surface area contributed by atoms with Crippen LogP contribution in [-0.2, 0) is 0 Å². The molecule has 0 aromatic heterocycles. The maximum absolute atomic E-state index is 8.81. The van der Waals surface area contributed by atoms with Crippen molar-refractivity contribution >= 4 is 6.08 Å². The molecule has 0 aliphatic heterocycles. The highest BCUT2D eigenvalue weighted by Gasteiger charge is 1.96. The molecule has 0 bridgehead atoms. The number of aryl methyl sites for hydroxylation is 1. The van der Waals surface area contributed by atoms with Gasteiger partial charge in [-0.25, -0.2) is 0 Å². The van der Waals surface area contributed by atoms with Gasteiger partial charge in [-0.15, -0.1) is 0 Å². The Hall–Kier alpha value is -2.24. The van der Waals surface area contributed by atoms with E-state index in [-0.39, 0.29) is 0 Å². The predicted octanol–water partition coefficient (Wildman–Crippen LogP) is 3.19. The van der Waals surface area contributed by atoms with Gasteiger partial charge in [0.15, 0.2) is 0 Å². The first-order chi connectivity index (χ1) is 7.27. The molecule has 0 N–H and O–H groups in total. The van der Waals surface area contributed by atoms with Crippen molar-refractivity contribution in [2.24, 2.45) is 5.11 Å². The van der Waals surface area contributed by atoms with E-state index in [1.807, 2.05) is 31.2 Å². The van der Waals surface area contributed by atoms with Crippen molar-refractivity contribution in [3.63, 3.8) is 0 Å². The highest BCUT2D eigenvalue weighted by atomic mass is 15.1. The summed E-state index contributed by atoms with van der Waals surface area (Å²) in [6, 6.07) is 7.74. The molecule has 74 valence electrons. The van der Waals surface area contributed by atoms with Crippen molar-refractivity contribution < 1.29 is 0 Å². The van der Waals surface area contributed by atoms with Crippen LogP contribution >= 0.6 is 0 Å². The summed E-state index contributed by atoms with van der Waals surface area (Å²) >= 11 is 0. The summed E-state index contributed by atoms with van der Waals surface area (Å²) in [5, 5.41) is 12.2. The van der Waals surface area contributed by atoms with Gasteiger partial charge in [0.25, 0.3) is 0 Å². The van der Waals surface area contributed by atoms with Gasteiger partial charge in [-0.1, -0.05) is 29.4 Å². The minimum absolute atomic E-state index is 0.326. The second-order valence-corrected chi connectivity index (χ2v) is 3.00. The second-order valence-electron chi connectivity index (χ2n) is 3.00. The van der Waals surface area contributed by atoms with Crippen LogP contribution in [0.5, 0.6) is 0 Å². The molecule has 4 heteroatoms. The smallest absolute Gasteiger partial charge is 0.0994 e. The van der Waals surface area contributed by atoms with E-state index in [4.69, 9.17) is 10.8 Å². The van der Waals surface area contributed by atoms with Crippen molar-refractivity contribution in [3.05, 3.63) is 51.4 Å². The van der Waals surface area contributed by atoms with E-state index in [0.29, 0.717) is 12.1 Å². The summed E-state index contributed by atoms with van der Waals surface area (Å²) in [5.41, 5.74) is 10.6. The topological polar surface area (TPSA) is 72.6 Å². The van der Waals surface area contributed by atoms with Crippen LogP contribution in [0, 0.1) is 18.3 Å². The second kappa shape index (κ2) is 5.48. The maximum atomic E-state index is 8.81. The van der Waals surface area contributed by atoms with Crippen molar-refractivity contribution in [1.29, 1.82) is 5.26 Å². The SMILES string of the molecule is Cc1ccc(C=CCN=[N+]=[N-])cc1C#N. The quantitative estimate of drug-likeness (QED) is 0.417. The summed E-state index contributed by atoms with van der Waals surface area (Å²) in [6.45, 7) is 2.22. The van der Waals surface area contributed by atoms with Crippen LogP contribution in [0.25, 0.3) is 16.5 Å². The molecule has 1 rings (SSSR count). The van der Waals surface area contributed by atoms with Gasteiger partial charge in [-0.2, -0.15) is 5.26 Å². The lowest BCUT2D eigenvalue weighted by Crippen LogP contribution is -1.83. The first-order valence-corrected chi connectivity index (χ1v) is 4.46. The van der Waals surface area contributed by atoms with E-state index in [2.05, 4.69) is 16.1 Å². The third-order valence-electron chi connectivity index (χ3n) is 1.94. The highest BCUT2D eigenvalue weighted by Crippen LogP contribution is 2.11. The van der Waals surface area contributed by atoms with Gasteiger partial charge in [0, 0.05) is 11.5 Å². The highest BCUT2D eigenvalue weighted by molar-refractivity contribution is 5.54. The Morgan fingerprint density at radius 1 is 1.60 bits per heavy atom. The molecule has 0 radical (unpaired) electrons. The first-order valence-electron chi connectivity index (χ1n) is 4.46. The fourth-order valence-corrected chi connectivity index (χ4v) is 1.14. The van der Waals surface area contributed by atoms with Gasteiger partial charge in [-0.3, -0.25) is 0 Å². The maximum Gasteiger partial charge on any atom is 0.0994 e. The lowest BCUT2D eigenvalue weighted by atomic mass is 10.1. The molecule has 0 heterocycles. The zero-order chi connectivity index (χ0) is 11.1. The van der Waals surface area contributed by atoms with Crippen molar-refractivity contribution in [2.75, 3.05) is 6.54 Å². The molecule has 1 aromatic carbocycles.